The quantitative estimate of drug-likeness (QED) is 0.933. The van der Waals surface area contributed by atoms with Crippen LogP contribution in [0.1, 0.15) is 49.3 Å². The number of carbonyl (C=O) groups is 1. The van der Waals surface area contributed by atoms with Crippen molar-refractivity contribution < 1.29 is 4.79 Å². The lowest BCUT2D eigenvalue weighted by Crippen LogP contribution is -2.19. The molecule has 4 nitrogen and oxygen atoms in total. The molecule has 1 N–H and O–H groups in total. The Morgan fingerprint density at radius 3 is 2.52 bits per heavy atom. The van der Waals surface area contributed by atoms with E-state index in [1.165, 1.54) is 0 Å². The van der Waals surface area contributed by atoms with Crippen LogP contribution < -0.4 is 5.32 Å². The summed E-state index contributed by atoms with van der Waals surface area (Å²) in [5, 5.41) is 7.24. The van der Waals surface area contributed by atoms with Gasteiger partial charge in [0.1, 0.15) is 0 Å². The van der Waals surface area contributed by atoms with Gasteiger partial charge in [-0.05, 0) is 30.9 Å². The third kappa shape index (κ3) is 3.15. The summed E-state index contributed by atoms with van der Waals surface area (Å²) in [5.41, 5.74) is 3.48. The van der Waals surface area contributed by atoms with Crippen LogP contribution in [-0.4, -0.2) is 15.7 Å². The fourth-order valence-corrected chi connectivity index (χ4v) is 2.42. The molecule has 1 heterocycles. The number of aryl methyl sites for hydroxylation is 1. The molecule has 4 heteroatoms. The van der Waals surface area contributed by atoms with Crippen molar-refractivity contribution in [1.82, 2.24) is 9.78 Å². The van der Waals surface area contributed by atoms with Crippen LogP contribution in [0.15, 0.2) is 30.5 Å². The van der Waals surface area contributed by atoms with Gasteiger partial charge in [0.25, 0.3) is 5.91 Å². The first-order valence-electron chi connectivity index (χ1n) is 7.28. The lowest BCUT2D eigenvalue weighted by molar-refractivity contribution is 0.102. The third-order valence-corrected chi connectivity index (χ3v) is 3.63. The van der Waals surface area contributed by atoms with Gasteiger partial charge in [-0.1, -0.05) is 39.0 Å². The number of rotatable bonds is 3. The molecule has 1 amide bonds. The maximum absolute atomic E-state index is 12.5. The van der Waals surface area contributed by atoms with Gasteiger partial charge < -0.3 is 5.32 Å². The highest BCUT2D eigenvalue weighted by atomic mass is 16.1. The Balaban J connectivity index is 2.30. The first kappa shape index (κ1) is 15.3. The normalized spacial score (nSPS) is 11.5. The summed E-state index contributed by atoms with van der Waals surface area (Å²) in [6.07, 6.45) is 1.63. The predicted octanol–water partition coefficient (Wildman–Crippen LogP) is 3.76. The van der Waals surface area contributed by atoms with E-state index in [4.69, 9.17) is 0 Å². The molecule has 0 fully saturated rings. The number of hydrogen-bond acceptors (Lipinski definition) is 2. The molecule has 2 rings (SSSR count). The average molecular weight is 285 g/mol. The van der Waals surface area contributed by atoms with Gasteiger partial charge in [-0.3, -0.25) is 9.48 Å². The fraction of sp³-hybridized carbons (Fsp3) is 0.412. The van der Waals surface area contributed by atoms with Crippen LogP contribution in [0.3, 0.4) is 0 Å². The number of hydrogen-bond donors (Lipinski definition) is 1. The van der Waals surface area contributed by atoms with Gasteiger partial charge in [0.05, 0.1) is 11.8 Å². The highest BCUT2D eigenvalue weighted by Gasteiger charge is 2.20. The van der Waals surface area contributed by atoms with E-state index in [0.717, 1.165) is 23.5 Å². The highest BCUT2D eigenvalue weighted by molar-refractivity contribution is 6.05. The minimum absolute atomic E-state index is 0.0213. The van der Waals surface area contributed by atoms with Gasteiger partial charge >= 0.3 is 0 Å². The second kappa shape index (κ2) is 5.72. The number of benzene rings is 1. The molecule has 0 radical (unpaired) electrons. The van der Waals surface area contributed by atoms with Gasteiger partial charge in [-0.25, -0.2) is 0 Å². The molecule has 0 saturated heterocycles. The molecule has 0 unspecified atom stereocenters. The van der Waals surface area contributed by atoms with E-state index in [1.807, 2.05) is 36.7 Å². The first-order chi connectivity index (χ1) is 9.84. The van der Waals surface area contributed by atoms with Crippen LogP contribution in [0.5, 0.6) is 0 Å². The van der Waals surface area contributed by atoms with Crippen molar-refractivity contribution >= 4 is 11.6 Å². The fourth-order valence-electron chi connectivity index (χ4n) is 2.42. The Morgan fingerprint density at radius 1 is 1.29 bits per heavy atom. The van der Waals surface area contributed by atoms with Crippen molar-refractivity contribution in [1.29, 1.82) is 0 Å². The molecule has 21 heavy (non-hydrogen) atoms. The van der Waals surface area contributed by atoms with Crippen molar-refractivity contribution in [3.63, 3.8) is 0 Å². The van der Waals surface area contributed by atoms with Crippen LogP contribution in [-0.2, 0) is 12.0 Å². The Morgan fingerprint density at radius 2 is 1.95 bits per heavy atom. The topological polar surface area (TPSA) is 46.9 Å². The van der Waals surface area contributed by atoms with Gasteiger partial charge in [-0.15, -0.1) is 0 Å². The standard InChI is InChI=1S/C17H23N3O/c1-6-20-12(2)13(11-18-20)16(21)19-15-10-8-7-9-14(15)17(3,4)5/h7-11H,6H2,1-5H3,(H,19,21). The molecule has 0 atom stereocenters. The molecule has 0 aliphatic rings. The number of amides is 1. The van der Waals surface area contributed by atoms with Crippen molar-refractivity contribution in [3.05, 3.63) is 47.3 Å². The number of carbonyl (C=O) groups excluding carboxylic acids is 1. The van der Waals surface area contributed by atoms with E-state index in [1.54, 1.807) is 6.20 Å². The van der Waals surface area contributed by atoms with Gasteiger partial charge in [0.15, 0.2) is 0 Å². The lowest BCUT2D eigenvalue weighted by Gasteiger charge is -2.23. The van der Waals surface area contributed by atoms with Crippen LogP contribution in [0.25, 0.3) is 0 Å². The van der Waals surface area contributed by atoms with E-state index in [0.29, 0.717) is 5.56 Å². The maximum atomic E-state index is 12.5. The Labute approximate surface area is 126 Å². The molecule has 0 bridgehead atoms. The average Bonchev–Trinajstić information content (AvgIpc) is 2.79. The summed E-state index contributed by atoms with van der Waals surface area (Å²) in [7, 11) is 0. The number of nitrogens with zero attached hydrogens (tertiary/aromatic N) is 2. The summed E-state index contributed by atoms with van der Waals surface area (Å²) < 4.78 is 1.82. The molecule has 112 valence electrons. The number of anilines is 1. The van der Waals surface area contributed by atoms with Gasteiger partial charge in [-0.2, -0.15) is 5.10 Å². The SMILES string of the molecule is CCn1ncc(C(=O)Nc2ccccc2C(C)(C)C)c1C. The summed E-state index contributed by atoms with van der Waals surface area (Å²) in [4.78, 5) is 12.5. The number of aromatic nitrogens is 2. The monoisotopic (exact) mass is 285 g/mol. The maximum Gasteiger partial charge on any atom is 0.259 e. The summed E-state index contributed by atoms with van der Waals surface area (Å²) in [6.45, 7) is 11.1. The second-order valence-electron chi connectivity index (χ2n) is 6.21. The minimum Gasteiger partial charge on any atom is -0.322 e. The Kier molecular flexibility index (Phi) is 4.16. The van der Waals surface area contributed by atoms with Crippen LogP contribution >= 0.6 is 0 Å². The zero-order chi connectivity index (χ0) is 15.6. The molecule has 1 aromatic carbocycles. The Bertz CT molecular complexity index is 650. The summed E-state index contributed by atoms with van der Waals surface area (Å²) in [6, 6.07) is 7.93. The predicted molar refractivity (Wildman–Crippen MR) is 85.7 cm³/mol. The van der Waals surface area contributed by atoms with Crippen LogP contribution in [0, 0.1) is 6.92 Å². The van der Waals surface area contributed by atoms with E-state index in [9.17, 15) is 4.79 Å². The summed E-state index contributed by atoms with van der Waals surface area (Å²) >= 11 is 0. The van der Waals surface area contributed by atoms with E-state index in [2.05, 4.69) is 37.3 Å². The van der Waals surface area contributed by atoms with Crippen LogP contribution in [0.2, 0.25) is 0 Å². The zero-order valence-electron chi connectivity index (χ0n) is 13.4. The van der Waals surface area contributed by atoms with Crippen LogP contribution in [0.4, 0.5) is 5.69 Å². The van der Waals surface area contributed by atoms with E-state index in [-0.39, 0.29) is 11.3 Å². The molecule has 0 aliphatic heterocycles. The van der Waals surface area contributed by atoms with Gasteiger partial charge in [0, 0.05) is 17.9 Å². The lowest BCUT2D eigenvalue weighted by atomic mass is 9.86. The molecule has 0 spiro atoms. The number of para-hydroxylation sites is 1. The van der Waals surface area contributed by atoms with Crippen molar-refractivity contribution in [2.75, 3.05) is 5.32 Å². The van der Waals surface area contributed by atoms with Gasteiger partial charge in [0.2, 0.25) is 0 Å². The molecule has 0 aliphatic carbocycles. The van der Waals surface area contributed by atoms with Crippen molar-refractivity contribution in [3.8, 4) is 0 Å². The zero-order valence-corrected chi connectivity index (χ0v) is 13.4. The smallest absolute Gasteiger partial charge is 0.259 e. The third-order valence-electron chi connectivity index (χ3n) is 3.63. The highest BCUT2D eigenvalue weighted by Crippen LogP contribution is 2.29. The molecule has 0 saturated carbocycles. The van der Waals surface area contributed by atoms with E-state index >= 15 is 0 Å². The molecular weight excluding hydrogens is 262 g/mol. The number of nitrogens with one attached hydrogen (secondary N) is 1. The van der Waals surface area contributed by atoms with Crippen molar-refractivity contribution in [2.24, 2.45) is 0 Å². The van der Waals surface area contributed by atoms with Crippen molar-refractivity contribution in [2.45, 2.75) is 46.6 Å². The first-order valence-corrected chi connectivity index (χ1v) is 7.28. The van der Waals surface area contributed by atoms with E-state index < -0.39 is 0 Å². The molecule has 1 aromatic heterocycles. The summed E-state index contributed by atoms with van der Waals surface area (Å²) in [5.74, 6) is -0.107. The largest absolute Gasteiger partial charge is 0.322 e. The Hall–Kier alpha value is -2.10. The minimum atomic E-state index is -0.107. The molecule has 2 aromatic rings. The molecular formula is C17H23N3O. The second-order valence-corrected chi connectivity index (χ2v) is 6.21.